The summed E-state index contributed by atoms with van der Waals surface area (Å²) in [5.74, 6) is 3.44. The van der Waals surface area contributed by atoms with Crippen LogP contribution in [0.3, 0.4) is 0 Å². The van der Waals surface area contributed by atoms with E-state index in [1.165, 1.54) is 25.7 Å². The molecule has 0 bridgehead atoms. The predicted molar refractivity (Wildman–Crippen MR) is 99.4 cm³/mol. The third-order valence-electron chi connectivity index (χ3n) is 5.14. The van der Waals surface area contributed by atoms with Gasteiger partial charge in [0.1, 0.15) is 0 Å². The lowest BCUT2D eigenvalue weighted by Crippen LogP contribution is -2.23. The lowest BCUT2D eigenvalue weighted by atomic mass is 10.2. The van der Waals surface area contributed by atoms with Gasteiger partial charge in [0, 0.05) is 30.0 Å². The van der Waals surface area contributed by atoms with Crippen molar-refractivity contribution >= 4 is 11.9 Å². The second-order valence-corrected chi connectivity index (χ2v) is 7.60. The number of hydrogen-bond acceptors (Lipinski definition) is 6. The zero-order valence-corrected chi connectivity index (χ0v) is 15.2. The Morgan fingerprint density at radius 1 is 0.880 bits per heavy atom. The average Bonchev–Trinajstić information content (AvgIpc) is 3.48. The van der Waals surface area contributed by atoms with Gasteiger partial charge >= 0.3 is 0 Å². The first-order valence-electron chi connectivity index (χ1n) is 9.29. The summed E-state index contributed by atoms with van der Waals surface area (Å²) in [4.78, 5) is 18.2. The zero-order valence-electron chi connectivity index (χ0n) is 15.2. The average molecular weight is 338 g/mol. The maximum Gasteiger partial charge on any atom is 0.228 e. The maximum atomic E-state index is 4.65. The van der Waals surface area contributed by atoms with E-state index >= 15 is 0 Å². The number of hydrogen-bond donors (Lipinski definition) is 2. The molecular formula is C19H26N6. The Balaban J connectivity index is 1.63. The summed E-state index contributed by atoms with van der Waals surface area (Å²) in [6.45, 7) is 6.44. The molecule has 2 heterocycles. The van der Waals surface area contributed by atoms with Gasteiger partial charge in [-0.25, -0.2) is 0 Å². The molecule has 25 heavy (non-hydrogen) atoms. The van der Waals surface area contributed by atoms with Crippen LogP contribution in [0.25, 0.3) is 11.4 Å². The smallest absolute Gasteiger partial charge is 0.228 e. The van der Waals surface area contributed by atoms with Gasteiger partial charge in [0.2, 0.25) is 11.9 Å². The van der Waals surface area contributed by atoms with Crippen molar-refractivity contribution < 1.29 is 0 Å². The monoisotopic (exact) mass is 338 g/mol. The molecule has 4 rings (SSSR count). The number of aromatic nitrogens is 4. The molecule has 0 amide bonds. The molecule has 2 aliphatic rings. The van der Waals surface area contributed by atoms with E-state index < -0.39 is 0 Å². The van der Waals surface area contributed by atoms with Gasteiger partial charge in [-0.2, -0.15) is 15.0 Å². The van der Waals surface area contributed by atoms with Crippen LogP contribution in [0.1, 0.15) is 45.1 Å². The van der Waals surface area contributed by atoms with E-state index in [1.54, 1.807) is 0 Å². The summed E-state index contributed by atoms with van der Waals surface area (Å²) in [6, 6.07) is 2.84. The van der Waals surface area contributed by atoms with E-state index in [0.717, 1.165) is 23.0 Å². The van der Waals surface area contributed by atoms with Crippen molar-refractivity contribution in [3.63, 3.8) is 0 Å². The molecule has 6 nitrogen and oxygen atoms in total. The highest BCUT2D eigenvalue weighted by Gasteiger charge is 2.30. The molecule has 2 aromatic rings. The quantitative estimate of drug-likeness (QED) is 0.802. The summed E-state index contributed by atoms with van der Waals surface area (Å²) < 4.78 is 0. The molecule has 2 aromatic heterocycles. The minimum absolute atomic E-state index is 0.389. The second-order valence-electron chi connectivity index (χ2n) is 7.60. The standard InChI is InChI=1S/C19H26N6/c1-11-8-16(10-20-9-11)17-23-18(21-12(2)14-4-5-14)25-19(24-17)22-13(3)15-6-7-15/h8-10,12-15H,4-7H2,1-3H3,(H2,21,22,23,24,25)/t12-,13-/m1/s1. The van der Waals surface area contributed by atoms with E-state index in [4.69, 9.17) is 0 Å². The molecule has 2 fully saturated rings. The van der Waals surface area contributed by atoms with Gasteiger partial charge in [-0.1, -0.05) is 0 Å². The Morgan fingerprint density at radius 2 is 1.44 bits per heavy atom. The third-order valence-corrected chi connectivity index (χ3v) is 5.14. The topological polar surface area (TPSA) is 75.6 Å². The first-order chi connectivity index (χ1) is 12.1. The maximum absolute atomic E-state index is 4.65. The van der Waals surface area contributed by atoms with Gasteiger partial charge in [0.15, 0.2) is 5.82 Å². The predicted octanol–water partition coefficient (Wildman–Crippen LogP) is 3.66. The fourth-order valence-electron chi connectivity index (χ4n) is 3.15. The number of anilines is 2. The highest BCUT2D eigenvalue weighted by Crippen LogP contribution is 2.35. The first kappa shape index (κ1) is 16.2. The van der Waals surface area contributed by atoms with Gasteiger partial charge in [-0.3, -0.25) is 4.98 Å². The minimum Gasteiger partial charge on any atom is -0.351 e. The Labute approximate surface area is 148 Å². The normalized spacial score (nSPS) is 19.3. The number of nitrogens with one attached hydrogen (secondary N) is 2. The molecule has 2 aliphatic carbocycles. The van der Waals surface area contributed by atoms with Gasteiger partial charge in [0.25, 0.3) is 0 Å². The molecule has 6 heteroatoms. The Kier molecular flexibility index (Phi) is 4.27. The zero-order chi connectivity index (χ0) is 17.4. The SMILES string of the molecule is Cc1cncc(-c2nc(N[C@H](C)C3CC3)nc(N[C@H](C)C3CC3)n2)c1. The summed E-state index contributed by atoms with van der Waals surface area (Å²) in [5.41, 5.74) is 2.02. The van der Waals surface area contributed by atoms with Crippen LogP contribution in [0.4, 0.5) is 11.9 Å². The van der Waals surface area contributed by atoms with E-state index in [9.17, 15) is 0 Å². The number of nitrogens with zero attached hydrogens (tertiary/aromatic N) is 4. The molecular weight excluding hydrogens is 312 g/mol. The molecule has 2 saturated carbocycles. The van der Waals surface area contributed by atoms with Crippen molar-refractivity contribution in [1.29, 1.82) is 0 Å². The summed E-state index contributed by atoms with van der Waals surface area (Å²) in [5, 5.41) is 6.93. The number of rotatable bonds is 7. The van der Waals surface area contributed by atoms with Crippen molar-refractivity contribution in [3.8, 4) is 11.4 Å². The lowest BCUT2D eigenvalue weighted by molar-refractivity contribution is 0.676. The summed E-state index contributed by atoms with van der Waals surface area (Å²) >= 11 is 0. The molecule has 0 aliphatic heterocycles. The Bertz CT molecular complexity index is 715. The highest BCUT2D eigenvalue weighted by molar-refractivity contribution is 5.57. The Morgan fingerprint density at radius 3 is 1.92 bits per heavy atom. The number of aryl methyl sites for hydroxylation is 1. The third kappa shape index (κ3) is 4.06. The van der Waals surface area contributed by atoms with E-state index in [-0.39, 0.29) is 0 Å². The van der Waals surface area contributed by atoms with Crippen LogP contribution in [0.2, 0.25) is 0 Å². The highest BCUT2D eigenvalue weighted by atomic mass is 15.2. The van der Waals surface area contributed by atoms with E-state index in [2.05, 4.69) is 50.5 Å². The van der Waals surface area contributed by atoms with Crippen LogP contribution in [-0.2, 0) is 0 Å². The molecule has 0 unspecified atom stereocenters. The minimum atomic E-state index is 0.389. The first-order valence-corrected chi connectivity index (χ1v) is 9.29. The number of pyridine rings is 1. The van der Waals surface area contributed by atoms with Crippen molar-refractivity contribution in [1.82, 2.24) is 19.9 Å². The second kappa shape index (κ2) is 6.58. The van der Waals surface area contributed by atoms with Crippen molar-refractivity contribution in [2.24, 2.45) is 11.8 Å². The van der Waals surface area contributed by atoms with Crippen LogP contribution in [0, 0.1) is 18.8 Å². The fraction of sp³-hybridized carbons (Fsp3) is 0.579. The van der Waals surface area contributed by atoms with Crippen LogP contribution in [0.5, 0.6) is 0 Å². The molecule has 0 saturated heterocycles. The molecule has 0 spiro atoms. The molecule has 0 aromatic carbocycles. The van der Waals surface area contributed by atoms with Gasteiger partial charge < -0.3 is 10.6 Å². The van der Waals surface area contributed by atoms with Crippen molar-refractivity contribution in [2.45, 2.75) is 58.5 Å². The Hall–Kier alpha value is -2.24. The van der Waals surface area contributed by atoms with Crippen molar-refractivity contribution in [3.05, 3.63) is 24.0 Å². The fourth-order valence-corrected chi connectivity index (χ4v) is 3.15. The summed E-state index contributed by atoms with van der Waals surface area (Å²) in [6.07, 6.45) is 8.81. The van der Waals surface area contributed by atoms with E-state index in [1.807, 2.05) is 19.3 Å². The van der Waals surface area contributed by atoms with Crippen LogP contribution in [0.15, 0.2) is 18.5 Å². The van der Waals surface area contributed by atoms with Crippen LogP contribution in [-0.4, -0.2) is 32.0 Å². The molecule has 2 atom stereocenters. The lowest BCUT2D eigenvalue weighted by Gasteiger charge is -2.17. The van der Waals surface area contributed by atoms with Crippen LogP contribution >= 0.6 is 0 Å². The summed E-state index contributed by atoms with van der Waals surface area (Å²) in [7, 11) is 0. The van der Waals surface area contributed by atoms with Gasteiger partial charge in [-0.15, -0.1) is 0 Å². The largest absolute Gasteiger partial charge is 0.351 e. The molecule has 132 valence electrons. The van der Waals surface area contributed by atoms with Gasteiger partial charge in [-0.05, 0) is 69.9 Å². The molecule has 2 N–H and O–H groups in total. The van der Waals surface area contributed by atoms with E-state index in [0.29, 0.717) is 29.8 Å². The molecule has 0 radical (unpaired) electrons. The van der Waals surface area contributed by atoms with Gasteiger partial charge in [0.05, 0.1) is 0 Å². The van der Waals surface area contributed by atoms with Crippen molar-refractivity contribution in [2.75, 3.05) is 10.6 Å². The van der Waals surface area contributed by atoms with Crippen LogP contribution < -0.4 is 10.6 Å².